The molecule has 0 aromatic heterocycles. The molecule has 0 heterocycles. The van der Waals surface area contributed by atoms with Crippen LogP contribution in [0, 0.1) is 11.8 Å². The van der Waals surface area contributed by atoms with Crippen LogP contribution in [0.25, 0.3) is 0 Å². The van der Waals surface area contributed by atoms with Gasteiger partial charge < -0.3 is 5.73 Å². The van der Waals surface area contributed by atoms with E-state index in [9.17, 15) is 8.78 Å². The van der Waals surface area contributed by atoms with Gasteiger partial charge >= 0.3 is 0 Å². The first-order chi connectivity index (χ1) is 7.11. The van der Waals surface area contributed by atoms with Crippen LogP contribution < -0.4 is 5.73 Å². The lowest BCUT2D eigenvalue weighted by Gasteiger charge is -2.31. The van der Waals surface area contributed by atoms with Crippen LogP contribution in [0.15, 0.2) is 0 Å². The Morgan fingerprint density at radius 3 is 2.20 bits per heavy atom. The molecular weight excluding hydrogens is 196 g/mol. The van der Waals surface area contributed by atoms with Crippen LogP contribution in [0.4, 0.5) is 8.78 Å². The second kappa shape index (κ2) is 4.36. The van der Waals surface area contributed by atoms with Gasteiger partial charge in [-0.05, 0) is 38.0 Å². The first kappa shape index (κ1) is 11.3. The molecule has 15 heavy (non-hydrogen) atoms. The minimum atomic E-state index is -2.17. The summed E-state index contributed by atoms with van der Waals surface area (Å²) in [5.41, 5.74) is 5.73. The van der Waals surface area contributed by atoms with Crippen molar-refractivity contribution >= 4 is 0 Å². The molecule has 2 fully saturated rings. The van der Waals surface area contributed by atoms with Crippen molar-refractivity contribution in [2.24, 2.45) is 17.6 Å². The van der Waals surface area contributed by atoms with Gasteiger partial charge in [0.05, 0.1) is 0 Å². The van der Waals surface area contributed by atoms with E-state index in [0.29, 0.717) is 6.42 Å². The monoisotopic (exact) mass is 217 g/mol. The predicted molar refractivity (Wildman–Crippen MR) is 56.8 cm³/mol. The molecule has 0 aromatic carbocycles. The zero-order valence-corrected chi connectivity index (χ0v) is 9.22. The van der Waals surface area contributed by atoms with Crippen molar-refractivity contribution in [3.8, 4) is 0 Å². The molecule has 2 aliphatic rings. The maximum Gasteiger partial charge on any atom is 0.241 e. The van der Waals surface area contributed by atoms with Crippen LogP contribution in [0.1, 0.15) is 51.4 Å². The van der Waals surface area contributed by atoms with Crippen LogP contribution in [-0.4, -0.2) is 12.0 Å². The third kappa shape index (κ3) is 2.90. The van der Waals surface area contributed by atoms with Crippen molar-refractivity contribution in [3.05, 3.63) is 0 Å². The number of hydrogen-bond donors (Lipinski definition) is 1. The van der Waals surface area contributed by atoms with Crippen LogP contribution in [-0.2, 0) is 0 Å². The number of hydrogen-bond acceptors (Lipinski definition) is 1. The molecule has 2 aliphatic carbocycles. The average Bonchev–Trinajstić information content (AvgIpc) is 2.95. The second-order valence-electron chi connectivity index (χ2n) is 5.46. The minimum absolute atomic E-state index is 0.224. The van der Waals surface area contributed by atoms with Crippen molar-refractivity contribution in [2.45, 2.75) is 63.3 Å². The number of halogens is 2. The van der Waals surface area contributed by atoms with Crippen LogP contribution in [0.5, 0.6) is 0 Å². The molecule has 88 valence electrons. The maximum absolute atomic E-state index is 13.0. The Labute approximate surface area is 90.4 Å². The fourth-order valence-electron chi connectivity index (χ4n) is 2.86. The standard InChI is InChI=1S/C12H21F2N/c13-11(14)10(8-12(15)6-7-12)9-4-2-1-3-5-9/h9-11H,1-8,15H2. The van der Waals surface area contributed by atoms with Crippen molar-refractivity contribution in [3.63, 3.8) is 0 Å². The predicted octanol–water partition coefficient (Wildman–Crippen LogP) is 3.33. The maximum atomic E-state index is 13.0. The summed E-state index contributed by atoms with van der Waals surface area (Å²) in [6, 6.07) is 0. The minimum Gasteiger partial charge on any atom is -0.325 e. The molecule has 2 N–H and O–H groups in total. The fourth-order valence-corrected chi connectivity index (χ4v) is 2.86. The zero-order chi connectivity index (χ0) is 10.9. The van der Waals surface area contributed by atoms with Crippen molar-refractivity contribution in [2.75, 3.05) is 0 Å². The molecule has 1 nitrogen and oxygen atoms in total. The van der Waals surface area contributed by atoms with Crippen molar-refractivity contribution in [1.82, 2.24) is 0 Å². The lowest BCUT2D eigenvalue weighted by molar-refractivity contribution is 0.0211. The highest BCUT2D eigenvalue weighted by atomic mass is 19.3. The largest absolute Gasteiger partial charge is 0.325 e. The van der Waals surface area contributed by atoms with Crippen molar-refractivity contribution < 1.29 is 8.78 Å². The molecule has 1 atom stereocenters. The van der Waals surface area contributed by atoms with Gasteiger partial charge in [0.1, 0.15) is 0 Å². The molecular formula is C12H21F2N. The van der Waals surface area contributed by atoms with E-state index in [0.717, 1.165) is 38.5 Å². The molecule has 2 saturated carbocycles. The van der Waals surface area contributed by atoms with E-state index in [1.54, 1.807) is 0 Å². The molecule has 0 aromatic rings. The van der Waals surface area contributed by atoms with E-state index >= 15 is 0 Å². The molecule has 0 radical (unpaired) electrons. The summed E-state index contributed by atoms with van der Waals surface area (Å²) in [5, 5.41) is 0. The van der Waals surface area contributed by atoms with Gasteiger partial charge in [-0.3, -0.25) is 0 Å². The van der Waals surface area contributed by atoms with Gasteiger partial charge in [-0.1, -0.05) is 19.3 Å². The van der Waals surface area contributed by atoms with E-state index in [4.69, 9.17) is 5.73 Å². The highest BCUT2D eigenvalue weighted by molar-refractivity contribution is 5.01. The molecule has 2 rings (SSSR count). The van der Waals surface area contributed by atoms with Gasteiger partial charge in [-0.15, -0.1) is 0 Å². The Hall–Kier alpha value is -0.180. The Balaban J connectivity index is 1.92. The Morgan fingerprint density at radius 1 is 1.13 bits per heavy atom. The van der Waals surface area contributed by atoms with E-state index in [2.05, 4.69) is 0 Å². The summed E-state index contributed by atoms with van der Waals surface area (Å²) < 4.78 is 26.0. The third-order valence-electron chi connectivity index (χ3n) is 4.11. The van der Waals surface area contributed by atoms with Crippen molar-refractivity contribution in [1.29, 1.82) is 0 Å². The van der Waals surface area contributed by atoms with Gasteiger partial charge in [-0.2, -0.15) is 0 Å². The first-order valence-corrected chi connectivity index (χ1v) is 6.18. The summed E-state index contributed by atoms with van der Waals surface area (Å²) in [4.78, 5) is 0. The van der Waals surface area contributed by atoms with Gasteiger partial charge in [0.15, 0.2) is 0 Å². The SMILES string of the molecule is NC1(CC(C(F)F)C2CCCCC2)CC1. The average molecular weight is 217 g/mol. The summed E-state index contributed by atoms with van der Waals surface area (Å²) in [6.45, 7) is 0. The number of nitrogens with two attached hydrogens (primary N) is 1. The Kier molecular flexibility index (Phi) is 3.29. The lowest BCUT2D eigenvalue weighted by Crippen LogP contribution is -2.33. The Bertz CT molecular complexity index is 208. The quantitative estimate of drug-likeness (QED) is 0.768. The third-order valence-corrected chi connectivity index (χ3v) is 4.11. The summed E-state index contributed by atoms with van der Waals surface area (Å²) in [7, 11) is 0. The molecule has 0 aliphatic heterocycles. The van der Waals surface area contributed by atoms with Gasteiger partial charge in [0.2, 0.25) is 6.43 Å². The highest BCUT2D eigenvalue weighted by Gasteiger charge is 2.44. The molecule has 0 saturated heterocycles. The van der Waals surface area contributed by atoms with Crippen LogP contribution in [0.3, 0.4) is 0 Å². The normalized spacial score (nSPS) is 28.0. The molecule has 0 bridgehead atoms. The van der Waals surface area contributed by atoms with Crippen LogP contribution >= 0.6 is 0 Å². The molecule has 0 amide bonds. The topological polar surface area (TPSA) is 26.0 Å². The van der Waals surface area contributed by atoms with E-state index in [1.807, 2.05) is 0 Å². The van der Waals surface area contributed by atoms with E-state index < -0.39 is 12.3 Å². The summed E-state index contributed by atoms with van der Waals surface area (Å²) in [6.07, 6.45) is 5.74. The number of alkyl halides is 2. The summed E-state index contributed by atoms with van der Waals surface area (Å²) >= 11 is 0. The van der Waals surface area contributed by atoms with Crippen LogP contribution in [0.2, 0.25) is 0 Å². The molecule has 0 spiro atoms. The molecule has 1 unspecified atom stereocenters. The van der Waals surface area contributed by atoms with Gasteiger partial charge in [0, 0.05) is 11.5 Å². The zero-order valence-electron chi connectivity index (χ0n) is 9.22. The van der Waals surface area contributed by atoms with E-state index in [-0.39, 0.29) is 11.5 Å². The smallest absolute Gasteiger partial charge is 0.241 e. The number of rotatable bonds is 4. The first-order valence-electron chi connectivity index (χ1n) is 6.18. The Morgan fingerprint density at radius 2 is 1.73 bits per heavy atom. The van der Waals surface area contributed by atoms with E-state index in [1.165, 1.54) is 6.42 Å². The molecule has 3 heteroatoms. The fraction of sp³-hybridized carbons (Fsp3) is 1.00. The van der Waals surface area contributed by atoms with Gasteiger partial charge in [-0.25, -0.2) is 8.78 Å². The summed E-state index contributed by atoms with van der Waals surface area (Å²) in [5.74, 6) is -0.197. The lowest BCUT2D eigenvalue weighted by atomic mass is 9.77. The highest BCUT2D eigenvalue weighted by Crippen LogP contribution is 2.44. The second-order valence-corrected chi connectivity index (χ2v) is 5.46. The van der Waals surface area contributed by atoms with Gasteiger partial charge in [0.25, 0.3) is 0 Å².